The van der Waals surface area contributed by atoms with E-state index in [-0.39, 0.29) is 28.3 Å². The monoisotopic (exact) mass is 570 g/mol. The molecule has 5 nitrogen and oxygen atoms in total. The second-order valence-corrected chi connectivity index (χ2v) is 14.3. The molecule has 1 amide bonds. The third-order valence-electron chi connectivity index (χ3n) is 8.36. The van der Waals surface area contributed by atoms with E-state index in [9.17, 15) is 14.7 Å². The van der Waals surface area contributed by atoms with Gasteiger partial charge in [0.25, 0.3) is 5.91 Å². The van der Waals surface area contributed by atoms with E-state index in [1.54, 1.807) is 30.3 Å². The molecule has 0 radical (unpaired) electrons. The van der Waals surface area contributed by atoms with E-state index in [4.69, 9.17) is 28.2 Å². The SMILES string of the molecule is CC(C)(C)CCC(c1ccc(C(=O)O)cc1)N1C(=O)C(c2cc(Cl)cc(Cl)c2)=NC12CCC(C(C)(C)C)CC2. The molecule has 1 spiro atoms. The lowest BCUT2D eigenvalue weighted by Gasteiger charge is -2.47. The van der Waals surface area contributed by atoms with E-state index < -0.39 is 11.6 Å². The first-order valence-electron chi connectivity index (χ1n) is 13.8. The van der Waals surface area contributed by atoms with Gasteiger partial charge in [-0.15, -0.1) is 0 Å². The van der Waals surface area contributed by atoms with Crippen molar-refractivity contribution in [1.82, 2.24) is 4.90 Å². The van der Waals surface area contributed by atoms with Crippen molar-refractivity contribution in [2.24, 2.45) is 21.7 Å². The number of carboxylic acids is 1. The molecule has 1 atom stereocenters. The van der Waals surface area contributed by atoms with Crippen molar-refractivity contribution in [1.29, 1.82) is 0 Å². The van der Waals surface area contributed by atoms with Crippen LogP contribution in [0.4, 0.5) is 0 Å². The highest BCUT2D eigenvalue weighted by Gasteiger charge is 2.52. The Morgan fingerprint density at radius 2 is 1.59 bits per heavy atom. The van der Waals surface area contributed by atoms with Gasteiger partial charge in [0.15, 0.2) is 0 Å². The number of carboxylic acid groups (broad SMARTS) is 1. The Morgan fingerprint density at radius 3 is 2.08 bits per heavy atom. The molecule has 1 saturated carbocycles. The summed E-state index contributed by atoms with van der Waals surface area (Å²) in [5, 5.41) is 10.4. The minimum Gasteiger partial charge on any atom is -0.478 e. The van der Waals surface area contributed by atoms with Crippen LogP contribution in [0.1, 0.15) is 108 Å². The van der Waals surface area contributed by atoms with Gasteiger partial charge in [0, 0.05) is 15.6 Å². The van der Waals surface area contributed by atoms with E-state index in [1.807, 2.05) is 17.0 Å². The number of amides is 1. The summed E-state index contributed by atoms with van der Waals surface area (Å²) >= 11 is 12.7. The Morgan fingerprint density at radius 1 is 1.03 bits per heavy atom. The predicted molar refractivity (Wildman–Crippen MR) is 159 cm³/mol. The molecule has 7 heteroatoms. The van der Waals surface area contributed by atoms with Crippen LogP contribution in [0.5, 0.6) is 0 Å². The molecule has 4 rings (SSSR count). The molecule has 1 aliphatic carbocycles. The van der Waals surface area contributed by atoms with Gasteiger partial charge in [-0.3, -0.25) is 9.79 Å². The lowest BCUT2D eigenvalue weighted by atomic mass is 9.69. The van der Waals surface area contributed by atoms with Crippen LogP contribution in [0.3, 0.4) is 0 Å². The molecule has 2 aromatic rings. The fourth-order valence-corrected chi connectivity index (χ4v) is 6.61. The molecule has 39 heavy (non-hydrogen) atoms. The summed E-state index contributed by atoms with van der Waals surface area (Å²) in [6.07, 6.45) is 5.14. The summed E-state index contributed by atoms with van der Waals surface area (Å²) < 4.78 is 0. The molecule has 2 aromatic carbocycles. The Labute approximate surface area is 242 Å². The number of hydrogen-bond acceptors (Lipinski definition) is 3. The van der Waals surface area contributed by atoms with Crippen LogP contribution in [-0.4, -0.2) is 33.3 Å². The largest absolute Gasteiger partial charge is 0.478 e. The Bertz CT molecular complexity index is 1240. The highest BCUT2D eigenvalue weighted by Crippen LogP contribution is 2.50. The van der Waals surface area contributed by atoms with Gasteiger partial charge in [-0.1, -0.05) is 76.9 Å². The zero-order valence-electron chi connectivity index (χ0n) is 23.9. The maximum atomic E-state index is 14.4. The number of benzene rings is 2. The van der Waals surface area contributed by atoms with E-state index in [2.05, 4.69) is 41.5 Å². The minimum absolute atomic E-state index is 0.0588. The van der Waals surface area contributed by atoms with Crippen LogP contribution in [0.25, 0.3) is 0 Å². The van der Waals surface area contributed by atoms with E-state index in [0.717, 1.165) is 44.1 Å². The summed E-state index contributed by atoms with van der Waals surface area (Å²) in [7, 11) is 0. The lowest BCUT2D eigenvalue weighted by molar-refractivity contribution is -0.134. The van der Waals surface area contributed by atoms with Gasteiger partial charge < -0.3 is 10.0 Å². The molecule has 0 bridgehead atoms. The number of rotatable bonds is 6. The van der Waals surface area contributed by atoms with E-state index in [1.165, 1.54) is 0 Å². The molecule has 0 saturated heterocycles. The predicted octanol–water partition coefficient (Wildman–Crippen LogP) is 8.82. The van der Waals surface area contributed by atoms with Gasteiger partial charge in [-0.2, -0.15) is 0 Å². The number of aromatic carboxylic acids is 1. The lowest BCUT2D eigenvalue weighted by Crippen LogP contribution is -2.51. The average molecular weight is 572 g/mol. The number of halogens is 2. The van der Waals surface area contributed by atoms with Crippen molar-refractivity contribution in [3.63, 3.8) is 0 Å². The maximum Gasteiger partial charge on any atom is 0.335 e. The first-order valence-corrected chi connectivity index (χ1v) is 14.6. The minimum atomic E-state index is -0.967. The first-order chi connectivity index (χ1) is 18.1. The summed E-state index contributed by atoms with van der Waals surface area (Å²) in [5.41, 5.74) is 1.76. The molecular weight excluding hydrogens is 531 g/mol. The molecule has 1 unspecified atom stereocenters. The summed E-state index contributed by atoms with van der Waals surface area (Å²) in [5.74, 6) is -0.544. The number of aliphatic imine (C=N–C) groups is 1. The van der Waals surface area contributed by atoms with Gasteiger partial charge >= 0.3 is 5.97 Å². The van der Waals surface area contributed by atoms with Crippen molar-refractivity contribution < 1.29 is 14.7 Å². The van der Waals surface area contributed by atoms with Crippen molar-refractivity contribution in [2.75, 3.05) is 0 Å². The molecule has 1 aliphatic heterocycles. The quantitative estimate of drug-likeness (QED) is 0.377. The number of carbonyl (C=O) groups excluding carboxylic acids is 1. The van der Waals surface area contributed by atoms with E-state index in [0.29, 0.717) is 27.2 Å². The summed E-state index contributed by atoms with van der Waals surface area (Å²) in [4.78, 5) is 33.2. The Balaban J connectivity index is 1.82. The van der Waals surface area contributed by atoms with Gasteiger partial charge in [0.05, 0.1) is 11.6 Å². The smallest absolute Gasteiger partial charge is 0.335 e. The van der Waals surface area contributed by atoms with Crippen LogP contribution >= 0.6 is 23.2 Å². The molecule has 1 fully saturated rings. The van der Waals surface area contributed by atoms with Gasteiger partial charge in [0.1, 0.15) is 11.4 Å². The van der Waals surface area contributed by atoms with Crippen molar-refractivity contribution in [3.8, 4) is 0 Å². The molecule has 2 aliphatic rings. The second-order valence-electron chi connectivity index (χ2n) is 13.5. The second kappa shape index (κ2) is 10.9. The Kier molecular flexibility index (Phi) is 8.27. The van der Waals surface area contributed by atoms with Gasteiger partial charge in [-0.25, -0.2) is 4.79 Å². The third-order valence-corrected chi connectivity index (χ3v) is 8.80. The number of carbonyl (C=O) groups is 2. The summed E-state index contributed by atoms with van der Waals surface area (Å²) in [6, 6.07) is 11.9. The fraction of sp³-hybridized carbons (Fsp3) is 0.531. The van der Waals surface area contributed by atoms with Crippen molar-refractivity contribution in [3.05, 3.63) is 69.2 Å². The number of hydrogen-bond donors (Lipinski definition) is 1. The van der Waals surface area contributed by atoms with Crippen molar-refractivity contribution >= 4 is 40.8 Å². The average Bonchev–Trinajstić information content (AvgIpc) is 3.10. The highest BCUT2D eigenvalue weighted by molar-refractivity contribution is 6.47. The van der Waals surface area contributed by atoms with Crippen LogP contribution in [0.15, 0.2) is 47.5 Å². The first kappa shape index (κ1) is 29.6. The topological polar surface area (TPSA) is 70.0 Å². The highest BCUT2D eigenvalue weighted by atomic mass is 35.5. The number of nitrogens with zero attached hydrogens (tertiary/aromatic N) is 2. The van der Waals surface area contributed by atoms with E-state index >= 15 is 0 Å². The maximum absolute atomic E-state index is 14.4. The summed E-state index contributed by atoms with van der Waals surface area (Å²) in [6.45, 7) is 13.4. The fourth-order valence-electron chi connectivity index (χ4n) is 6.08. The zero-order valence-corrected chi connectivity index (χ0v) is 25.4. The Hall–Kier alpha value is -2.37. The van der Waals surface area contributed by atoms with Crippen LogP contribution in [-0.2, 0) is 4.79 Å². The van der Waals surface area contributed by atoms with Gasteiger partial charge in [0.2, 0.25) is 0 Å². The molecule has 1 heterocycles. The zero-order chi connectivity index (χ0) is 28.8. The van der Waals surface area contributed by atoms with Crippen molar-refractivity contribution in [2.45, 2.75) is 91.8 Å². The van der Waals surface area contributed by atoms with Crippen LogP contribution in [0, 0.1) is 16.7 Å². The normalized spacial score (nSPS) is 22.8. The molecule has 0 aromatic heterocycles. The molecule has 210 valence electrons. The van der Waals surface area contributed by atoms with Gasteiger partial charge in [-0.05, 0) is 91.2 Å². The third kappa shape index (κ3) is 6.52. The van der Waals surface area contributed by atoms with Crippen LogP contribution < -0.4 is 0 Å². The van der Waals surface area contributed by atoms with Crippen LogP contribution in [0.2, 0.25) is 10.0 Å². The molecular formula is C32H40Cl2N2O3. The molecule has 1 N–H and O–H groups in total. The standard InChI is InChI=1S/C32H40Cl2N2O3/c1-30(2,3)14-13-26(20-7-9-21(10-8-20)29(38)39)36-28(37)27(22-17-24(33)19-25(34)18-22)35-32(36)15-11-23(12-16-32)31(4,5)6/h7-10,17-19,23,26H,11-16H2,1-6H3,(H,38,39).